The van der Waals surface area contributed by atoms with Gasteiger partial charge in [-0.15, -0.1) is 29.3 Å². The minimum absolute atomic E-state index is 0. The average Bonchev–Trinajstić information content (AvgIpc) is 3.85. The van der Waals surface area contributed by atoms with Crippen molar-refractivity contribution in [1.82, 2.24) is 0 Å². The van der Waals surface area contributed by atoms with Crippen molar-refractivity contribution in [3.63, 3.8) is 0 Å². The Morgan fingerprint density at radius 2 is 1.07 bits per heavy atom. The number of hydrogen-bond acceptors (Lipinski definition) is 0. The van der Waals surface area contributed by atoms with E-state index in [0.717, 1.165) is 54.9 Å². The van der Waals surface area contributed by atoms with Gasteiger partial charge in [0, 0.05) is 0 Å². The van der Waals surface area contributed by atoms with Crippen LogP contribution in [0.5, 0.6) is 0 Å². The Bertz CT molecular complexity index is 2560. The number of rotatable bonds is 6. The fraction of sp³-hybridized carbons (Fsp3) is 0.293. The van der Waals surface area contributed by atoms with Crippen LogP contribution in [0.15, 0.2) is 121 Å². The van der Waals surface area contributed by atoms with Crippen molar-refractivity contribution in [3.05, 3.63) is 200 Å². The number of hydrogen-bond donors (Lipinski definition) is 0. The minimum atomic E-state index is -4.41. The zero-order valence-electron chi connectivity index (χ0n) is 39.7. The largest absolute Gasteiger partial charge is 1.00 e. The fourth-order valence-corrected chi connectivity index (χ4v) is 9.76. The second kappa shape index (κ2) is 22.4. The molecule has 6 aromatic carbocycles. The molecule has 1 atom stereocenters. The molecule has 0 saturated carbocycles. The quantitative estimate of drug-likeness (QED) is 0.115. The maximum absolute atomic E-state index is 12.5. The Hall–Kier alpha value is -4.29. The molecule has 0 spiro atoms. The molecule has 0 N–H and O–H groups in total. The van der Waals surface area contributed by atoms with E-state index < -0.39 is 23.5 Å². The Balaban J connectivity index is 0.000000238. The molecule has 0 bridgehead atoms. The van der Waals surface area contributed by atoms with Crippen molar-refractivity contribution in [1.29, 1.82) is 0 Å². The van der Waals surface area contributed by atoms with Crippen molar-refractivity contribution in [3.8, 4) is 33.4 Å². The summed E-state index contributed by atoms with van der Waals surface area (Å²) in [7, 11) is 0. The molecule has 0 nitrogen and oxygen atoms in total. The van der Waals surface area contributed by atoms with Gasteiger partial charge in [-0.2, -0.15) is 11.6 Å². The van der Waals surface area contributed by atoms with Crippen molar-refractivity contribution < 1.29 is 75.4 Å². The molecule has 1 unspecified atom stereocenters. The third-order valence-electron chi connectivity index (χ3n) is 12.0. The predicted octanol–water partition coefficient (Wildman–Crippen LogP) is 10.8. The first kappa shape index (κ1) is 55.3. The molecule has 0 fully saturated rings. The van der Waals surface area contributed by atoms with Crippen molar-refractivity contribution in [2.75, 3.05) is 0 Å². The van der Waals surface area contributed by atoms with E-state index in [0.29, 0.717) is 25.7 Å². The van der Waals surface area contributed by atoms with Gasteiger partial charge in [0.2, 0.25) is 0 Å². The summed E-state index contributed by atoms with van der Waals surface area (Å²) in [5.41, 5.74) is 20.1. The van der Waals surface area contributed by atoms with Crippen LogP contribution in [0.2, 0.25) is 0 Å². The van der Waals surface area contributed by atoms with Crippen LogP contribution in [0, 0.1) is 65.0 Å². The molecule has 0 aromatic heterocycles. The second-order valence-electron chi connectivity index (χ2n) is 18.5. The first-order valence-electron chi connectivity index (χ1n) is 22.0. The van der Waals surface area contributed by atoms with Crippen LogP contribution in [0.4, 0.5) is 26.3 Å². The Labute approximate surface area is 421 Å². The molecule has 9 heteroatoms. The Morgan fingerprint density at radius 3 is 1.51 bits per heavy atom. The van der Waals surface area contributed by atoms with Crippen LogP contribution in [0.3, 0.4) is 0 Å². The normalized spacial score (nSPS) is 13.8. The van der Waals surface area contributed by atoms with E-state index in [-0.39, 0.29) is 24.8 Å². The number of halogens is 8. The van der Waals surface area contributed by atoms with Crippen LogP contribution >= 0.6 is 0 Å². The molecule has 2 aliphatic carbocycles. The average molecular weight is 1030 g/mol. The van der Waals surface area contributed by atoms with Crippen LogP contribution < -0.4 is 24.8 Å². The molecule has 6 aromatic rings. The van der Waals surface area contributed by atoms with E-state index in [1.165, 1.54) is 121 Å². The zero-order chi connectivity index (χ0) is 47.6. The third-order valence-corrected chi connectivity index (χ3v) is 13.4. The summed E-state index contributed by atoms with van der Waals surface area (Å²) < 4.78 is 75.6. The van der Waals surface area contributed by atoms with Crippen LogP contribution in [0.1, 0.15) is 107 Å². The van der Waals surface area contributed by atoms with Gasteiger partial charge in [0.1, 0.15) is 0 Å². The maximum Gasteiger partial charge on any atom is -1.00 e. The van der Waals surface area contributed by atoms with Crippen molar-refractivity contribution in [2.24, 2.45) is 11.3 Å². The number of allylic oxidation sites excluding steroid dienone is 4. The summed E-state index contributed by atoms with van der Waals surface area (Å²) in [4.78, 5) is 0. The van der Waals surface area contributed by atoms with Gasteiger partial charge in [0.15, 0.2) is 0 Å². The molecule has 0 aliphatic heterocycles. The van der Waals surface area contributed by atoms with E-state index in [2.05, 4.69) is 148 Å². The molecule has 0 saturated heterocycles. The summed E-state index contributed by atoms with van der Waals surface area (Å²) in [6, 6.07) is 33.6. The van der Waals surface area contributed by atoms with Gasteiger partial charge in [-0.1, -0.05) is 133 Å². The molecule has 350 valence electrons. The molecule has 0 heterocycles. The van der Waals surface area contributed by atoms with Gasteiger partial charge >= 0.3 is 137 Å². The van der Waals surface area contributed by atoms with Gasteiger partial charge in [-0.3, -0.25) is 6.08 Å². The van der Waals surface area contributed by atoms with Crippen molar-refractivity contribution in [2.45, 2.75) is 101 Å². The SMILES string of the molecule is CCCC1[C-]=CC(C(C)(C)C)=C1.Cc1cc(C)c(-c2[c-]c3c(cc2)-c2ccc(-c4c(C)cc(C)cc4C)cc2C3)c(C)c1.FC(F)(F)c1ccc([C](=[Zr+2])c2ccc(C(F)(F)F)cc2)cc1.[Cl-].[Cl-]. The first-order chi connectivity index (χ1) is 30.4. The topological polar surface area (TPSA) is 0 Å². The van der Waals surface area contributed by atoms with Crippen molar-refractivity contribution >= 4 is 3.21 Å². The van der Waals surface area contributed by atoms with E-state index >= 15 is 0 Å². The monoisotopic (exact) mass is 1030 g/mol. The third kappa shape index (κ3) is 13.5. The molecule has 0 amide bonds. The summed E-state index contributed by atoms with van der Waals surface area (Å²) >= 11 is 0.898. The summed E-state index contributed by atoms with van der Waals surface area (Å²) in [5, 5.41) is 0. The fourth-order valence-electron chi connectivity index (χ4n) is 8.94. The summed E-state index contributed by atoms with van der Waals surface area (Å²) in [6.45, 7) is 22.2. The predicted molar refractivity (Wildman–Crippen MR) is 253 cm³/mol. The van der Waals surface area contributed by atoms with Crippen LogP contribution in [-0.4, -0.2) is 3.21 Å². The van der Waals surface area contributed by atoms with Gasteiger partial charge in [0.05, 0.1) is 0 Å². The van der Waals surface area contributed by atoms with Gasteiger partial charge < -0.3 is 24.8 Å². The molecule has 67 heavy (non-hydrogen) atoms. The Morgan fingerprint density at radius 1 is 0.612 bits per heavy atom. The van der Waals surface area contributed by atoms with Crippen LogP contribution in [-0.2, 0) is 43.0 Å². The number of alkyl halides is 6. The smallest absolute Gasteiger partial charge is 1.00 e. The molecular formula is C58H56Cl2F6Zr-2. The summed E-state index contributed by atoms with van der Waals surface area (Å²) in [6.07, 6.45) is 2.57. The molecular weight excluding hydrogens is 973 g/mol. The minimum Gasteiger partial charge on any atom is -1.00 e. The standard InChI is InChI=1S/C31H29.C15H8F6.C12H19.2ClH.Zr/c1-18-11-20(3)30(21(4)12-18)24-7-9-28-26(15-24)17-27-16-25(8-10-29(27)28)31-22(5)13-19(2)14-23(31)6;16-14(17,18)12-5-1-10(2-6-12)9-11-3-7-13(8-4-11)15(19,20)21;1-5-6-10-7-8-11(9-10)12(2,3)4;;;/h7-15H,17H2,1-6H3;1-8H;8-10H,5-6H2,1-4H3;2*1H;/q-1;;-1;;;+2/p-2. The number of benzene rings is 6. The zero-order valence-corrected chi connectivity index (χ0v) is 43.7. The van der Waals surface area contributed by atoms with E-state index in [1.54, 1.807) is 0 Å². The molecule has 2 aliphatic rings. The maximum atomic E-state index is 12.5. The summed E-state index contributed by atoms with van der Waals surface area (Å²) in [5.74, 6) is 0.587. The van der Waals surface area contributed by atoms with Gasteiger partial charge in [-0.25, -0.2) is 6.08 Å². The van der Waals surface area contributed by atoms with E-state index in [9.17, 15) is 26.3 Å². The number of fused-ring (bicyclic) bond motifs is 3. The van der Waals surface area contributed by atoms with E-state index in [4.69, 9.17) is 0 Å². The number of aryl methyl sites for hydroxylation is 6. The Kier molecular flexibility index (Phi) is 18.5. The molecule has 0 radical (unpaired) electrons. The first-order valence-corrected chi connectivity index (χ1v) is 23.3. The second-order valence-corrected chi connectivity index (χ2v) is 19.7. The van der Waals surface area contributed by atoms with E-state index in [1.807, 2.05) is 0 Å². The van der Waals surface area contributed by atoms with Gasteiger partial charge in [-0.05, 0) is 75.8 Å². The van der Waals surface area contributed by atoms with Crippen LogP contribution in [0.25, 0.3) is 33.4 Å². The molecule has 8 rings (SSSR count). The van der Waals surface area contributed by atoms with Gasteiger partial charge in [0.25, 0.3) is 0 Å².